The molecular weight excluding hydrogens is 264 g/mol. The van der Waals surface area contributed by atoms with Gasteiger partial charge in [0.2, 0.25) is 5.56 Å². The van der Waals surface area contributed by atoms with Gasteiger partial charge in [0.1, 0.15) is 11.3 Å². The molecule has 1 aromatic carbocycles. The fraction of sp³-hybridized carbons (Fsp3) is 0. The molecule has 0 aliphatic carbocycles. The topological polar surface area (TPSA) is 119 Å². The number of carbonyl (C=O) groups excluding carboxylic acids is 1. The number of amides is 1. The summed E-state index contributed by atoms with van der Waals surface area (Å²) < 4.78 is 0. The van der Waals surface area contributed by atoms with Crippen LogP contribution in [0.25, 0.3) is 0 Å². The third-order valence-electron chi connectivity index (χ3n) is 2.53. The molecule has 7 nitrogen and oxygen atoms in total. The van der Waals surface area contributed by atoms with Crippen LogP contribution in [0, 0.1) is 0 Å². The molecular formula is C13H10N2O5. The van der Waals surface area contributed by atoms with Crippen molar-refractivity contribution in [1.29, 1.82) is 0 Å². The lowest BCUT2D eigenvalue weighted by Crippen LogP contribution is -2.18. The number of carboxylic acids is 1. The second-order valence-corrected chi connectivity index (χ2v) is 3.89. The molecule has 4 N–H and O–H groups in total. The number of benzene rings is 1. The van der Waals surface area contributed by atoms with Crippen molar-refractivity contribution in [1.82, 2.24) is 4.98 Å². The van der Waals surface area contributed by atoms with Crippen LogP contribution in [0.4, 0.5) is 5.69 Å². The first kappa shape index (κ1) is 13.3. The highest BCUT2D eigenvalue weighted by atomic mass is 16.4. The van der Waals surface area contributed by atoms with Gasteiger partial charge in [-0.3, -0.25) is 9.59 Å². The van der Waals surface area contributed by atoms with Gasteiger partial charge in [0, 0.05) is 6.07 Å². The SMILES string of the molecule is O=C(Nc1cccc(C(=O)O)c1O)c1cccc(=O)[nH]1. The Morgan fingerprint density at radius 2 is 1.80 bits per heavy atom. The van der Waals surface area contributed by atoms with E-state index in [9.17, 15) is 19.5 Å². The van der Waals surface area contributed by atoms with Gasteiger partial charge in [-0.1, -0.05) is 12.1 Å². The zero-order chi connectivity index (χ0) is 14.7. The molecule has 0 bridgehead atoms. The van der Waals surface area contributed by atoms with Crippen LogP contribution < -0.4 is 10.9 Å². The van der Waals surface area contributed by atoms with Gasteiger partial charge in [0.05, 0.1) is 5.69 Å². The van der Waals surface area contributed by atoms with E-state index in [0.717, 1.165) is 0 Å². The molecule has 2 aromatic rings. The molecule has 0 aliphatic rings. The number of rotatable bonds is 3. The smallest absolute Gasteiger partial charge is 0.339 e. The van der Waals surface area contributed by atoms with E-state index in [0.29, 0.717) is 0 Å². The number of hydrogen-bond donors (Lipinski definition) is 4. The van der Waals surface area contributed by atoms with Crippen LogP contribution >= 0.6 is 0 Å². The number of nitrogens with one attached hydrogen (secondary N) is 2. The number of aromatic carboxylic acids is 1. The maximum atomic E-state index is 11.9. The van der Waals surface area contributed by atoms with Gasteiger partial charge in [0.25, 0.3) is 5.91 Å². The molecule has 20 heavy (non-hydrogen) atoms. The van der Waals surface area contributed by atoms with Crippen molar-refractivity contribution in [2.45, 2.75) is 0 Å². The van der Waals surface area contributed by atoms with Crippen LogP contribution in [0.3, 0.4) is 0 Å². The Hall–Kier alpha value is -3.09. The normalized spacial score (nSPS) is 10.0. The standard InChI is InChI=1S/C13H10N2O5/c16-10-6-2-5-9(14-10)12(18)15-8-4-1-3-7(11(8)17)13(19)20/h1-6,17H,(H,14,16)(H,15,18)(H,19,20). The number of aromatic hydroxyl groups is 1. The van der Waals surface area contributed by atoms with E-state index >= 15 is 0 Å². The number of para-hydroxylation sites is 1. The summed E-state index contributed by atoms with van der Waals surface area (Å²) >= 11 is 0. The van der Waals surface area contributed by atoms with Crippen LogP contribution in [0.2, 0.25) is 0 Å². The zero-order valence-corrected chi connectivity index (χ0v) is 10.1. The minimum Gasteiger partial charge on any atom is -0.505 e. The minimum absolute atomic E-state index is 0.00220. The summed E-state index contributed by atoms with van der Waals surface area (Å²) in [6, 6.07) is 7.97. The zero-order valence-electron chi connectivity index (χ0n) is 10.1. The molecule has 1 aromatic heterocycles. The van der Waals surface area contributed by atoms with E-state index in [1.165, 1.54) is 36.4 Å². The summed E-state index contributed by atoms with van der Waals surface area (Å²) in [6.45, 7) is 0. The molecule has 0 atom stereocenters. The number of carboxylic acid groups (broad SMARTS) is 1. The second kappa shape index (κ2) is 5.27. The maximum absolute atomic E-state index is 11.9. The highest BCUT2D eigenvalue weighted by molar-refractivity contribution is 6.05. The van der Waals surface area contributed by atoms with Crippen molar-refractivity contribution in [2.75, 3.05) is 5.32 Å². The molecule has 0 saturated carbocycles. The Morgan fingerprint density at radius 1 is 1.10 bits per heavy atom. The summed E-state index contributed by atoms with van der Waals surface area (Å²) in [5, 5.41) is 20.9. The van der Waals surface area contributed by atoms with Gasteiger partial charge in [-0.15, -0.1) is 0 Å². The van der Waals surface area contributed by atoms with Crippen LogP contribution in [0.1, 0.15) is 20.8 Å². The molecule has 1 heterocycles. The molecule has 1 amide bonds. The van der Waals surface area contributed by atoms with Crippen LogP contribution in [-0.4, -0.2) is 27.1 Å². The molecule has 0 unspecified atom stereocenters. The Morgan fingerprint density at radius 3 is 2.45 bits per heavy atom. The maximum Gasteiger partial charge on any atom is 0.339 e. The number of phenols is 1. The van der Waals surface area contributed by atoms with Gasteiger partial charge in [-0.2, -0.15) is 0 Å². The number of H-pyrrole nitrogens is 1. The fourth-order valence-electron chi connectivity index (χ4n) is 1.59. The number of carbonyl (C=O) groups is 2. The van der Waals surface area contributed by atoms with Crippen molar-refractivity contribution in [3.8, 4) is 5.75 Å². The monoisotopic (exact) mass is 274 g/mol. The predicted molar refractivity (Wildman–Crippen MR) is 70.1 cm³/mol. The molecule has 0 radical (unpaired) electrons. The van der Waals surface area contributed by atoms with Crippen molar-refractivity contribution in [2.24, 2.45) is 0 Å². The highest BCUT2D eigenvalue weighted by Crippen LogP contribution is 2.27. The quantitative estimate of drug-likeness (QED) is 0.623. The number of anilines is 1. The summed E-state index contributed by atoms with van der Waals surface area (Å²) in [5.74, 6) is -2.53. The summed E-state index contributed by atoms with van der Waals surface area (Å²) in [4.78, 5) is 36.1. The van der Waals surface area contributed by atoms with Gasteiger partial charge < -0.3 is 20.5 Å². The van der Waals surface area contributed by atoms with E-state index in [2.05, 4.69) is 10.3 Å². The molecule has 0 saturated heterocycles. The third-order valence-corrected chi connectivity index (χ3v) is 2.53. The lowest BCUT2D eigenvalue weighted by atomic mass is 10.1. The third kappa shape index (κ3) is 2.66. The largest absolute Gasteiger partial charge is 0.505 e. The van der Waals surface area contributed by atoms with Gasteiger partial charge in [-0.05, 0) is 18.2 Å². The van der Waals surface area contributed by atoms with Crippen LogP contribution in [-0.2, 0) is 0 Å². The highest BCUT2D eigenvalue weighted by Gasteiger charge is 2.15. The van der Waals surface area contributed by atoms with Gasteiger partial charge in [0.15, 0.2) is 5.75 Å². The van der Waals surface area contributed by atoms with Crippen molar-refractivity contribution >= 4 is 17.6 Å². The lowest BCUT2D eigenvalue weighted by Gasteiger charge is -2.08. The number of hydrogen-bond acceptors (Lipinski definition) is 4. The fourth-order valence-corrected chi connectivity index (χ4v) is 1.59. The molecule has 0 fully saturated rings. The minimum atomic E-state index is -1.31. The predicted octanol–water partition coefficient (Wildman–Crippen LogP) is 1.03. The molecule has 0 spiro atoms. The Balaban J connectivity index is 2.31. The lowest BCUT2D eigenvalue weighted by molar-refractivity contribution is 0.0693. The van der Waals surface area contributed by atoms with Crippen molar-refractivity contribution in [3.05, 3.63) is 58.0 Å². The molecule has 0 aliphatic heterocycles. The first-order valence-electron chi connectivity index (χ1n) is 5.55. The number of pyridine rings is 1. The Kier molecular flexibility index (Phi) is 3.52. The first-order chi connectivity index (χ1) is 9.49. The summed E-state index contributed by atoms with van der Waals surface area (Å²) in [5.41, 5.74) is -0.831. The first-order valence-corrected chi connectivity index (χ1v) is 5.55. The number of aromatic nitrogens is 1. The number of aromatic amines is 1. The molecule has 2 rings (SSSR count). The van der Waals surface area contributed by atoms with E-state index in [1.54, 1.807) is 0 Å². The Labute approximate surface area is 112 Å². The van der Waals surface area contributed by atoms with E-state index in [-0.39, 0.29) is 16.9 Å². The van der Waals surface area contributed by atoms with E-state index < -0.39 is 23.2 Å². The molecule has 7 heteroatoms. The average molecular weight is 274 g/mol. The molecule has 102 valence electrons. The second-order valence-electron chi connectivity index (χ2n) is 3.89. The Bertz CT molecular complexity index is 736. The van der Waals surface area contributed by atoms with E-state index in [4.69, 9.17) is 5.11 Å². The van der Waals surface area contributed by atoms with Crippen LogP contribution in [0.5, 0.6) is 5.75 Å². The van der Waals surface area contributed by atoms with Crippen molar-refractivity contribution < 1.29 is 19.8 Å². The van der Waals surface area contributed by atoms with Crippen LogP contribution in [0.15, 0.2) is 41.2 Å². The summed E-state index contributed by atoms with van der Waals surface area (Å²) in [7, 11) is 0. The average Bonchev–Trinajstić information content (AvgIpc) is 2.40. The summed E-state index contributed by atoms with van der Waals surface area (Å²) in [6.07, 6.45) is 0. The van der Waals surface area contributed by atoms with Gasteiger partial charge in [-0.25, -0.2) is 4.79 Å². The van der Waals surface area contributed by atoms with Crippen molar-refractivity contribution in [3.63, 3.8) is 0 Å². The van der Waals surface area contributed by atoms with E-state index in [1.807, 2.05) is 0 Å². The van der Waals surface area contributed by atoms with Gasteiger partial charge >= 0.3 is 5.97 Å².